The number of ketones is 2. The summed E-state index contributed by atoms with van der Waals surface area (Å²) in [7, 11) is 0. The highest BCUT2D eigenvalue weighted by Gasteiger charge is 2.49. The summed E-state index contributed by atoms with van der Waals surface area (Å²) in [5.74, 6) is -0.327. The lowest BCUT2D eigenvalue weighted by atomic mass is 10.1. The summed E-state index contributed by atoms with van der Waals surface area (Å²) < 4.78 is 0. The highest BCUT2D eigenvalue weighted by atomic mass is 16.3. The molecule has 1 rings (SSSR count). The zero-order chi connectivity index (χ0) is 8.43. The minimum atomic E-state index is -0.332. The Hall–Kier alpha value is -0.700. The first kappa shape index (κ1) is 8.40. The van der Waals surface area contributed by atoms with Crippen LogP contribution < -0.4 is 0 Å². The zero-order valence-electron chi connectivity index (χ0n) is 6.54. The lowest BCUT2D eigenvalue weighted by molar-refractivity contribution is -0.123. The molecule has 0 saturated heterocycles. The molecule has 1 fully saturated rings. The molecule has 0 aromatic heterocycles. The van der Waals surface area contributed by atoms with Gasteiger partial charge in [-0.2, -0.15) is 0 Å². The first-order valence-electron chi connectivity index (χ1n) is 3.85. The highest BCUT2D eigenvalue weighted by molar-refractivity contribution is 6.16. The van der Waals surface area contributed by atoms with Crippen molar-refractivity contribution in [2.45, 2.75) is 19.8 Å². The van der Waals surface area contributed by atoms with Gasteiger partial charge in [0.05, 0.1) is 5.92 Å². The zero-order valence-corrected chi connectivity index (χ0v) is 6.54. The monoisotopic (exact) mass is 156 g/mol. The molecular weight excluding hydrogens is 144 g/mol. The topological polar surface area (TPSA) is 54.4 Å². The summed E-state index contributed by atoms with van der Waals surface area (Å²) in [5, 5.41) is 8.41. The highest BCUT2D eigenvalue weighted by Crippen LogP contribution is 2.34. The van der Waals surface area contributed by atoms with Crippen LogP contribution in [0.15, 0.2) is 0 Å². The summed E-state index contributed by atoms with van der Waals surface area (Å²) in [6.07, 6.45) is 0.826. The van der Waals surface area contributed by atoms with Gasteiger partial charge in [0.15, 0.2) is 0 Å². The smallest absolute Gasteiger partial charge is 0.148 e. The Balaban J connectivity index is 2.27. The molecule has 3 heteroatoms. The van der Waals surface area contributed by atoms with E-state index in [1.807, 2.05) is 0 Å². The Bertz CT molecular complexity index is 186. The van der Waals surface area contributed by atoms with Crippen molar-refractivity contribution in [1.82, 2.24) is 0 Å². The molecule has 1 aliphatic rings. The molecule has 0 spiro atoms. The fraction of sp³-hybridized carbons (Fsp3) is 0.750. The van der Waals surface area contributed by atoms with Crippen molar-refractivity contribution in [3.63, 3.8) is 0 Å². The van der Waals surface area contributed by atoms with Gasteiger partial charge in [0.1, 0.15) is 11.6 Å². The quantitative estimate of drug-likeness (QED) is 0.590. The predicted molar refractivity (Wildman–Crippen MR) is 39.0 cm³/mol. The maximum atomic E-state index is 11.1. The fourth-order valence-electron chi connectivity index (χ4n) is 1.21. The van der Waals surface area contributed by atoms with Crippen LogP contribution in [0.4, 0.5) is 0 Å². The van der Waals surface area contributed by atoms with Crippen molar-refractivity contribution in [2.75, 3.05) is 6.61 Å². The van der Waals surface area contributed by atoms with Crippen molar-refractivity contribution in [3.05, 3.63) is 0 Å². The molecule has 1 N–H and O–H groups in total. The summed E-state index contributed by atoms with van der Waals surface area (Å²) in [6, 6.07) is 0. The summed E-state index contributed by atoms with van der Waals surface area (Å²) >= 11 is 0. The molecular formula is C8H12O3. The van der Waals surface area contributed by atoms with E-state index in [0.29, 0.717) is 12.8 Å². The van der Waals surface area contributed by atoms with Gasteiger partial charge in [-0.05, 0) is 6.42 Å². The second-order valence-corrected chi connectivity index (χ2v) is 2.96. The van der Waals surface area contributed by atoms with E-state index in [-0.39, 0.29) is 30.0 Å². The van der Waals surface area contributed by atoms with Crippen molar-refractivity contribution in [3.8, 4) is 0 Å². The number of hydrogen-bond acceptors (Lipinski definition) is 3. The maximum absolute atomic E-state index is 11.1. The summed E-state index contributed by atoms with van der Waals surface area (Å²) in [4.78, 5) is 21.8. The molecule has 0 aromatic rings. The van der Waals surface area contributed by atoms with Crippen LogP contribution in [0.5, 0.6) is 0 Å². The molecule has 0 bridgehead atoms. The van der Waals surface area contributed by atoms with E-state index in [1.165, 1.54) is 0 Å². The minimum Gasteiger partial charge on any atom is -0.396 e. The number of carbonyl (C=O) groups is 2. The molecule has 11 heavy (non-hydrogen) atoms. The lowest BCUT2D eigenvalue weighted by Crippen LogP contribution is -2.03. The molecule has 2 atom stereocenters. The van der Waals surface area contributed by atoms with Crippen LogP contribution in [0.1, 0.15) is 19.8 Å². The van der Waals surface area contributed by atoms with E-state index >= 15 is 0 Å². The lowest BCUT2D eigenvalue weighted by Gasteiger charge is -1.92. The van der Waals surface area contributed by atoms with Crippen LogP contribution in [-0.4, -0.2) is 23.3 Å². The first-order chi connectivity index (χ1) is 5.18. The number of aliphatic hydroxyl groups excluding tert-OH is 1. The average Bonchev–Trinajstić information content (AvgIpc) is 2.56. The minimum absolute atomic E-state index is 0.00319. The Morgan fingerprint density at radius 2 is 2.18 bits per heavy atom. The average molecular weight is 156 g/mol. The van der Waals surface area contributed by atoms with Crippen molar-refractivity contribution >= 4 is 11.6 Å². The van der Waals surface area contributed by atoms with Crippen LogP contribution in [0, 0.1) is 11.8 Å². The van der Waals surface area contributed by atoms with E-state index < -0.39 is 0 Å². The van der Waals surface area contributed by atoms with Crippen LogP contribution in [0.2, 0.25) is 0 Å². The third kappa shape index (κ3) is 1.66. The molecule has 62 valence electrons. The summed E-state index contributed by atoms with van der Waals surface area (Å²) in [5.41, 5.74) is 0. The van der Waals surface area contributed by atoms with Gasteiger partial charge in [-0.25, -0.2) is 0 Å². The molecule has 0 aromatic carbocycles. The molecule has 0 heterocycles. The van der Waals surface area contributed by atoms with E-state index in [2.05, 4.69) is 0 Å². The van der Waals surface area contributed by atoms with Crippen molar-refractivity contribution < 1.29 is 14.7 Å². The SMILES string of the molecule is CC1C(=O)C1C(=O)CCCO. The van der Waals surface area contributed by atoms with E-state index in [9.17, 15) is 9.59 Å². The second kappa shape index (κ2) is 3.13. The third-order valence-corrected chi connectivity index (χ3v) is 2.07. The Morgan fingerprint density at radius 1 is 1.64 bits per heavy atom. The second-order valence-electron chi connectivity index (χ2n) is 2.96. The predicted octanol–water partition coefficient (Wildman–Crippen LogP) is 0.163. The van der Waals surface area contributed by atoms with E-state index in [0.717, 1.165) is 0 Å². The molecule has 0 amide bonds. The number of carbonyl (C=O) groups excluding carboxylic acids is 2. The van der Waals surface area contributed by atoms with Crippen LogP contribution in [0.25, 0.3) is 0 Å². The molecule has 0 radical (unpaired) electrons. The van der Waals surface area contributed by atoms with E-state index in [1.54, 1.807) is 6.92 Å². The molecule has 1 saturated carbocycles. The molecule has 3 nitrogen and oxygen atoms in total. The number of aliphatic hydroxyl groups is 1. The van der Waals surface area contributed by atoms with Crippen LogP contribution in [-0.2, 0) is 9.59 Å². The van der Waals surface area contributed by atoms with Gasteiger partial charge in [0, 0.05) is 18.9 Å². The van der Waals surface area contributed by atoms with Crippen molar-refractivity contribution in [1.29, 1.82) is 0 Å². The largest absolute Gasteiger partial charge is 0.396 e. The third-order valence-electron chi connectivity index (χ3n) is 2.07. The first-order valence-corrected chi connectivity index (χ1v) is 3.85. The van der Waals surface area contributed by atoms with Gasteiger partial charge in [-0.15, -0.1) is 0 Å². The summed E-state index contributed by atoms with van der Waals surface area (Å²) in [6.45, 7) is 1.80. The van der Waals surface area contributed by atoms with Gasteiger partial charge in [0.25, 0.3) is 0 Å². The standard InChI is InChI=1S/C8H12O3/c1-5-7(8(5)11)6(10)3-2-4-9/h5,7,9H,2-4H2,1H3. The fourth-order valence-corrected chi connectivity index (χ4v) is 1.21. The maximum Gasteiger partial charge on any atom is 0.148 e. The van der Waals surface area contributed by atoms with Gasteiger partial charge < -0.3 is 5.11 Å². The Labute approximate surface area is 65.4 Å². The van der Waals surface area contributed by atoms with E-state index in [4.69, 9.17) is 5.11 Å². The van der Waals surface area contributed by atoms with Gasteiger partial charge in [-0.1, -0.05) is 6.92 Å². The van der Waals surface area contributed by atoms with Gasteiger partial charge in [-0.3, -0.25) is 9.59 Å². The Morgan fingerprint density at radius 3 is 2.55 bits per heavy atom. The van der Waals surface area contributed by atoms with Crippen LogP contribution >= 0.6 is 0 Å². The molecule has 2 unspecified atom stereocenters. The normalized spacial score (nSPS) is 28.7. The number of rotatable bonds is 4. The number of Topliss-reactive ketones (excluding diaryl/α,β-unsaturated/α-hetero) is 2. The molecule has 1 aliphatic carbocycles. The van der Waals surface area contributed by atoms with Gasteiger partial charge >= 0.3 is 0 Å². The van der Waals surface area contributed by atoms with Gasteiger partial charge in [0.2, 0.25) is 0 Å². The van der Waals surface area contributed by atoms with Crippen LogP contribution in [0.3, 0.4) is 0 Å². The Kier molecular flexibility index (Phi) is 2.39. The number of hydrogen-bond donors (Lipinski definition) is 1. The van der Waals surface area contributed by atoms with Crippen molar-refractivity contribution in [2.24, 2.45) is 11.8 Å². The molecule has 0 aliphatic heterocycles.